The van der Waals surface area contributed by atoms with Crippen LogP contribution >= 0.6 is 0 Å². The number of pyridine rings is 1. The molecule has 0 aromatic carbocycles. The summed E-state index contributed by atoms with van der Waals surface area (Å²) in [5.74, 6) is -0.636. The molecule has 116 valence electrons. The van der Waals surface area contributed by atoms with Gasteiger partial charge in [0.2, 0.25) is 0 Å². The molecule has 0 radical (unpaired) electrons. The van der Waals surface area contributed by atoms with Crippen molar-refractivity contribution in [2.75, 3.05) is 13.1 Å². The van der Waals surface area contributed by atoms with Gasteiger partial charge in [-0.1, -0.05) is 26.3 Å². The van der Waals surface area contributed by atoms with E-state index in [0.29, 0.717) is 6.54 Å². The van der Waals surface area contributed by atoms with E-state index in [1.165, 1.54) is 5.56 Å². The van der Waals surface area contributed by atoms with Gasteiger partial charge in [0, 0.05) is 19.3 Å². The molecule has 1 N–H and O–H groups in total. The molecule has 0 aliphatic carbocycles. The zero-order chi connectivity index (χ0) is 15.3. The van der Waals surface area contributed by atoms with E-state index in [1.54, 1.807) is 0 Å². The number of carbonyl (C=O) groups is 1. The normalized spacial score (nSPS) is 23.1. The highest BCUT2D eigenvalue weighted by Crippen LogP contribution is 2.35. The van der Waals surface area contributed by atoms with Crippen molar-refractivity contribution in [3.8, 4) is 0 Å². The fraction of sp³-hybridized carbons (Fsp3) is 0.647. The van der Waals surface area contributed by atoms with Crippen molar-refractivity contribution in [2.45, 2.75) is 52.5 Å². The summed E-state index contributed by atoms with van der Waals surface area (Å²) >= 11 is 0. The number of carboxylic acid groups (broad SMARTS) is 1. The summed E-state index contributed by atoms with van der Waals surface area (Å²) in [6.07, 6.45) is 6.37. The van der Waals surface area contributed by atoms with E-state index in [0.717, 1.165) is 50.9 Å². The van der Waals surface area contributed by atoms with E-state index >= 15 is 0 Å². The van der Waals surface area contributed by atoms with E-state index in [1.807, 2.05) is 6.20 Å². The first-order valence-corrected chi connectivity index (χ1v) is 7.99. The third-order valence-corrected chi connectivity index (χ3v) is 4.52. The monoisotopic (exact) mass is 290 g/mol. The molecule has 1 aromatic rings. The van der Waals surface area contributed by atoms with E-state index in [4.69, 9.17) is 0 Å². The van der Waals surface area contributed by atoms with Crippen molar-refractivity contribution in [2.24, 2.45) is 5.41 Å². The van der Waals surface area contributed by atoms with E-state index in [2.05, 4.69) is 35.9 Å². The number of aryl methyl sites for hydroxylation is 1. The lowest BCUT2D eigenvalue weighted by molar-refractivity contribution is -0.153. The number of likely N-dealkylation sites (tertiary alicyclic amines) is 1. The van der Waals surface area contributed by atoms with Gasteiger partial charge in [0.1, 0.15) is 0 Å². The second kappa shape index (κ2) is 7.03. The average molecular weight is 290 g/mol. The van der Waals surface area contributed by atoms with Crippen LogP contribution in [0.4, 0.5) is 0 Å². The third kappa shape index (κ3) is 3.82. The van der Waals surface area contributed by atoms with Crippen molar-refractivity contribution in [3.05, 3.63) is 29.6 Å². The van der Waals surface area contributed by atoms with Crippen LogP contribution in [0.15, 0.2) is 18.3 Å². The number of carboxylic acids is 1. The zero-order valence-electron chi connectivity index (χ0n) is 13.1. The number of hydrogen-bond acceptors (Lipinski definition) is 3. The Morgan fingerprint density at radius 1 is 1.43 bits per heavy atom. The number of hydrogen-bond donors (Lipinski definition) is 1. The van der Waals surface area contributed by atoms with Crippen molar-refractivity contribution < 1.29 is 9.90 Å². The lowest BCUT2D eigenvalue weighted by Gasteiger charge is -2.39. The van der Waals surface area contributed by atoms with Crippen LogP contribution < -0.4 is 0 Å². The van der Waals surface area contributed by atoms with Gasteiger partial charge in [0.05, 0.1) is 11.1 Å². The number of nitrogens with zero attached hydrogens (tertiary/aromatic N) is 2. The lowest BCUT2D eigenvalue weighted by Crippen LogP contribution is -2.47. The lowest BCUT2D eigenvalue weighted by atomic mass is 9.76. The minimum absolute atomic E-state index is 0.559. The molecular formula is C17H26N2O2. The van der Waals surface area contributed by atoms with E-state index < -0.39 is 11.4 Å². The topological polar surface area (TPSA) is 53.4 Å². The summed E-state index contributed by atoms with van der Waals surface area (Å²) in [5, 5.41) is 9.63. The SMILES string of the molecule is CCC[C@]1(C(=O)O)CCCN(Cc2ccc(CC)cn2)C1. The van der Waals surface area contributed by atoms with E-state index in [-0.39, 0.29) is 0 Å². The Labute approximate surface area is 127 Å². The molecule has 0 spiro atoms. The maximum Gasteiger partial charge on any atom is 0.310 e. The number of aromatic nitrogens is 1. The molecule has 1 aromatic heterocycles. The van der Waals surface area contributed by atoms with Gasteiger partial charge in [-0.3, -0.25) is 14.7 Å². The number of piperidine rings is 1. The standard InChI is InChI=1S/C17H26N2O2/c1-3-8-17(16(20)21)9-5-10-19(13-17)12-15-7-6-14(4-2)11-18-15/h6-7,11H,3-5,8-10,12-13H2,1-2H3,(H,20,21)/t17-/m0/s1. The Balaban J connectivity index is 2.04. The molecule has 2 heterocycles. The van der Waals surface area contributed by atoms with Gasteiger partial charge < -0.3 is 5.11 Å². The van der Waals surface area contributed by atoms with Gasteiger partial charge in [-0.05, 0) is 43.9 Å². The third-order valence-electron chi connectivity index (χ3n) is 4.52. The predicted octanol–water partition coefficient (Wildman–Crippen LogP) is 3.11. The molecule has 0 bridgehead atoms. The van der Waals surface area contributed by atoms with Crippen LogP contribution in [-0.4, -0.2) is 34.0 Å². The van der Waals surface area contributed by atoms with Gasteiger partial charge in [-0.15, -0.1) is 0 Å². The Kier molecular flexibility index (Phi) is 5.34. The molecule has 1 aliphatic heterocycles. The van der Waals surface area contributed by atoms with Crippen LogP contribution in [-0.2, 0) is 17.8 Å². The average Bonchev–Trinajstić information content (AvgIpc) is 2.48. The molecule has 0 saturated carbocycles. The Morgan fingerprint density at radius 2 is 2.24 bits per heavy atom. The van der Waals surface area contributed by atoms with Crippen LogP contribution in [0.25, 0.3) is 0 Å². The fourth-order valence-corrected chi connectivity index (χ4v) is 3.31. The second-order valence-electron chi connectivity index (χ2n) is 6.16. The van der Waals surface area contributed by atoms with Crippen LogP contribution in [0.3, 0.4) is 0 Å². The van der Waals surface area contributed by atoms with Crippen molar-refractivity contribution >= 4 is 5.97 Å². The molecule has 4 heteroatoms. The number of aliphatic carboxylic acids is 1. The molecule has 1 atom stereocenters. The minimum Gasteiger partial charge on any atom is -0.481 e. The molecule has 21 heavy (non-hydrogen) atoms. The first-order chi connectivity index (χ1) is 10.1. The molecule has 0 amide bonds. The molecule has 1 fully saturated rings. The second-order valence-corrected chi connectivity index (χ2v) is 6.16. The highest BCUT2D eigenvalue weighted by Gasteiger charge is 2.41. The summed E-state index contributed by atoms with van der Waals surface area (Å²) in [5.41, 5.74) is 1.71. The maximum atomic E-state index is 11.7. The van der Waals surface area contributed by atoms with Gasteiger partial charge in [-0.25, -0.2) is 0 Å². The van der Waals surface area contributed by atoms with Gasteiger partial charge >= 0.3 is 5.97 Å². The quantitative estimate of drug-likeness (QED) is 0.874. The van der Waals surface area contributed by atoms with Crippen molar-refractivity contribution in [1.29, 1.82) is 0 Å². The zero-order valence-corrected chi connectivity index (χ0v) is 13.1. The van der Waals surface area contributed by atoms with Crippen LogP contribution in [0.2, 0.25) is 0 Å². The summed E-state index contributed by atoms with van der Waals surface area (Å²) in [6.45, 7) is 6.55. The van der Waals surface area contributed by atoms with Crippen LogP contribution in [0.5, 0.6) is 0 Å². The largest absolute Gasteiger partial charge is 0.481 e. The highest BCUT2D eigenvalue weighted by molar-refractivity contribution is 5.75. The predicted molar refractivity (Wildman–Crippen MR) is 83.1 cm³/mol. The number of rotatable bonds is 6. The Morgan fingerprint density at radius 3 is 2.81 bits per heavy atom. The maximum absolute atomic E-state index is 11.7. The van der Waals surface area contributed by atoms with Crippen LogP contribution in [0, 0.1) is 5.41 Å². The first-order valence-electron chi connectivity index (χ1n) is 7.99. The molecular weight excluding hydrogens is 264 g/mol. The highest BCUT2D eigenvalue weighted by atomic mass is 16.4. The minimum atomic E-state index is -0.636. The Hall–Kier alpha value is -1.42. The molecule has 2 rings (SSSR count). The molecule has 4 nitrogen and oxygen atoms in total. The summed E-state index contributed by atoms with van der Waals surface area (Å²) in [7, 11) is 0. The summed E-state index contributed by atoms with van der Waals surface area (Å²) in [4.78, 5) is 18.4. The molecule has 1 saturated heterocycles. The fourth-order valence-electron chi connectivity index (χ4n) is 3.31. The summed E-state index contributed by atoms with van der Waals surface area (Å²) < 4.78 is 0. The van der Waals surface area contributed by atoms with Crippen molar-refractivity contribution in [3.63, 3.8) is 0 Å². The summed E-state index contributed by atoms with van der Waals surface area (Å²) in [6, 6.07) is 4.18. The van der Waals surface area contributed by atoms with Gasteiger partial charge in [0.15, 0.2) is 0 Å². The van der Waals surface area contributed by atoms with Gasteiger partial charge in [-0.2, -0.15) is 0 Å². The Bertz CT molecular complexity index is 468. The van der Waals surface area contributed by atoms with E-state index in [9.17, 15) is 9.90 Å². The van der Waals surface area contributed by atoms with Crippen LogP contribution in [0.1, 0.15) is 50.8 Å². The smallest absolute Gasteiger partial charge is 0.310 e. The first kappa shape index (κ1) is 16.0. The van der Waals surface area contributed by atoms with Gasteiger partial charge in [0.25, 0.3) is 0 Å². The molecule has 1 aliphatic rings. The molecule has 0 unspecified atom stereocenters. The van der Waals surface area contributed by atoms with Crippen molar-refractivity contribution in [1.82, 2.24) is 9.88 Å².